The number of hydrogen-bond donors (Lipinski definition) is 0. The average molecular weight is 218 g/mol. The highest BCUT2D eigenvalue weighted by Crippen LogP contribution is 2.17. The van der Waals surface area contributed by atoms with Gasteiger partial charge < -0.3 is 14.7 Å². The van der Waals surface area contributed by atoms with E-state index in [1.54, 1.807) is 0 Å². The summed E-state index contributed by atoms with van der Waals surface area (Å²) in [7, 11) is 2.51. The first-order valence-corrected chi connectivity index (χ1v) is 4.04. The van der Waals surface area contributed by atoms with Crippen LogP contribution in [0.4, 0.5) is 0 Å². The lowest BCUT2D eigenvalue weighted by Crippen LogP contribution is -2.36. The van der Waals surface area contributed by atoms with Crippen molar-refractivity contribution in [3.63, 3.8) is 0 Å². The van der Waals surface area contributed by atoms with Gasteiger partial charge in [-0.15, -0.1) is 4.73 Å². The second-order valence-electron chi connectivity index (χ2n) is 2.36. The third-order valence-corrected chi connectivity index (χ3v) is 1.88. The van der Waals surface area contributed by atoms with Crippen molar-refractivity contribution in [3.8, 4) is 5.75 Å². The molecule has 1 heterocycles. The fraction of sp³-hybridized carbons (Fsp3) is 0.250. The Bertz CT molecular complexity index is 367. The third kappa shape index (κ3) is 1.72. The van der Waals surface area contributed by atoms with Crippen molar-refractivity contribution in [1.29, 1.82) is 0 Å². The number of carbonyl (C=O) groups is 1. The van der Waals surface area contributed by atoms with Gasteiger partial charge in [0.15, 0.2) is 5.75 Å². The van der Waals surface area contributed by atoms with Crippen LogP contribution in [0, 0.1) is 5.21 Å². The summed E-state index contributed by atoms with van der Waals surface area (Å²) in [4.78, 5) is 11.2. The van der Waals surface area contributed by atoms with Crippen molar-refractivity contribution in [2.75, 3.05) is 14.2 Å². The smallest absolute Gasteiger partial charge is 0.408 e. The Morgan fingerprint density at radius 1 is 1.50 bits per heavy atom. The number of methoxy groups -OCH3 is 2. The van der Waals surface area contributed by atoms with Crippen LogP contribution in [0.25, 0.3) is 0 Å². The van der Waals surface area contributed by atoms with Gasteiger partial charge in [-0.1, -0.05) is 0 Å². The number of aromatic nitrogens is 1. The monoisotopic (exact) mass is 217 g/mol. The molecular weight excluding hydrogens is 210 g/mol. The van der Waals surface area contributed by atoms with Crippen LogP contribution in [-0.2, 0) is 4.74 Å². The highest BCUT2D eigenvalue weighted by Gasteiger charge is 2.25. The second kappa shape index (κ2) is 4.15. The van der Waals surface area contributed by atoms with E-state index < -0.39 is 5.97 Å². The van der Waals surface area contributed by atoms with Crippen LogP contribution in [0.1, 0.15) is 10.5 Å². The van der Waals surface area contributed by atoms with Gasteiger partial charge >= 0.3 is 11.7 Å². The van der Waals surface area contributed by atoms with Gasteiger partial charge in [0, 0.05) is 6.07 Å². The summed E-state index contributed by atoms with van der Waals surface area (Å²) in [6, 6.07) is 2.75. The average Bonchev–Trinajstić information content (AvgIpc) is 2.20. The van der Waals surface area contributed by atoms with E-state index in [1.807, 2.05) is 0 Å². The molecule has 6 heteroatoms. The lowest BCUT2D eigenvalue weighted by atomic mass is 10.3. The van der Waals surface area contributed by atoms with E-state index >= 15 is 0 Å². The van der Waals surface area contributed by atoms with Crippen molar-refractivity contribution in [3.05, 3.63) is 28.2 Å². The van der Waals surface area contributed by atoms with Crippen LogP contribution >= 0.6 is 11.6 Å². The molecule has 0 aliphatic carbocycles. The van der Waals surface area contributed by atoms with Crippen LogP contribution in [0.15, 0.2) is 12.1 Å². The zero-order valence-corrected chi connectivity index (χ0v) is 8.37. The minimum Gasteiger partial charge on any atom is -0.617 e. The molecule has 1 aromatic heterocycles. The predicted molar refractivity (Wildman–Crippen MR) is 48.3 cm³/mol. The van der Waals surface area contributed by atoms with Gasteiger partial charge in [-0.05, 0) is 17.7 Å². The molecule has 0 aromatic carbocycles. The maximum atomic E-state index is 11.4. The summed E-state index contributed by atoms with van der Waals surface area (Å²) in [5, 5.41) is 11.2. The van der Waals surface area contributed by atoms with Gasteiger partial charge in [0.2, 0.25) is 0 Å². The fourth-order valence-electron chi connectivity index (χ4n) is 0.943. The number of hydrogen-bond acceptors (Lipinski definition) is 4. The summed E-state index contributed by atoms with van der Waals surface area (Å²) in [6.45, 7) is 0. The normalized spacial score (nSPS) is 9.64. The summed E-state index contributed by atoms with van der Waals surface area (Å²) >= 11 is 5.53. The quantitative estimate of drug-likeness (QED) is 0.318. The number of carbonyl (C=O) groups excluding carboxylic acids is 1. The first-order chi connectivity index (χ1) is 6.61. The zero-order chi connectivity index (χ0) is 10.7. The molecule has 76 valence electrons. The topological polar surface area (TPSA) is 62.5 Å². The van der Waals surface area contributed by atoms with Crippen LogP contribution in [0.5, 0.6) is 5.75 Å². The number of esters is 1. The van der Waals surface area contributed by atoms with Gasteiger partial charge in [0.05, 0.1) is 14.2 Å². The van der Waals surface area contributed by atoms with E-state index in [2.05, 4.69) is 4.74 Å². The van der Waals surface area contributed by atoms with Crippen LogP contribution in [0.3, 0.4) is 0 Å². The molecule has 0 atom stereocenters. The lowest BCUT2D eigenvalue weighted by molar-refractivity contribution is -0.606. The molecule has 14 heavy (non-hydrogen) atoms. The molecule has 0 aliphatic heterocycles. The van der Waals surface area contributed by atoms with E-state index in [-0.39, 0.29) is 21.3 Å². The third-order valence-electron chi connectivity index (χ3n) is 1.60. The van der Waals surface area contributed by atoms with Gasteiger partial charge in [0.25, 0.3) is 5.15 Å². The number of halogens is 1. The number of ether oxygens (including phenoxy) is 2. The molecule has 0 aliphatic rings. The van der Waals surface area contributed by atoms with Gasteiger partial charge in [-0.25, -0.2) is 4.79 Å². The number of nitrogens with zero attached hydrogens (tertiary/aromatic N) is 1. The Hall–Kier alpha value is -1.49. The maximum Gasteiger partial charge on any atom is 0.408 e. The predicted octanol–water partition coefficient (Wildman–Crippen LogP) is 0.769. The van der Waals surface area contributed by atoms with Crippen molar-refractivity contribution in [2.45, 2.75) is 0 Å². The molecular formula is C8H8ClNO4. The molecule has 0 bridgehead atoms. The van der Waals surface area contributed by atoms with E-state index in [4.69, 9.17) is 16.3 Å². The maximum absolute atomic E-state index is 11.4. The van der Waals surface area contributed by atoms with E-state index in [0.717, 1.165) is 0 Å². The minimum atomic E-state index is -0.792. The summed E-state index contributed by atoms with van der Waals surface area (Å²) in [5.41, 5.74) is -0.262. The molecule has 0 N–H and O–H groups in total. The van der Waals surface area contributed by atoms with Crippen molar-refractivity contribution in [2.24, 2.45) is 0 Å². The largest absolute Gasteiger partial charge is 0.617 e. The molecule has 0 unspecified atom stereocenters. The standard InChI is InChI=1S/C8H8ClNO4/c1-13-5-3-4-6(9)10(12)7(5)8(11)14-2/h3-4H,1-2H3. The SMILES string of the molecule is COC(=O)c1c(OC)ccc(Cl)[n+]1[O-]. The minimum absolute atomic E-state index is 0.119. The Labute approximate surface area is 85.4 Å². The van der Waals surface area contributed by atoms with E-state index in [0.29, 0.717) is 0 Å². The molecule has 0 spiro atoms. The molecule has 0 saturated carbocycles. The van der Waals surface area contributed by atoms with Crippen molar-refractivity contribution in [1.82, 2.24) is 0 Å². The van der Waals surface area contributed by atoms with Crippen LogP contribution in [0.2, 0.25) is 5.15 Å². The Kier molecular flexibility index (Phi) is 3.14. The van der Waals surface area contributed by atoms with Crippen molar-refractivity contribution < 1.29 is 19.0 Å². The van der Waals surface area contributed by atoms with E-state index in [9.17, 15) is 10.0 Å². The second-order valence-corrected chi connectivity index (χ2v) is 2.75. The molecule has 0 fully saturated rings. The Morgan fingerprint density at radius 2 is 2.14 bits per heavy atom. The van der Waals surface area contributed by atoms with Crippen LogP contribution < -0.4 is 9.47 Å². The molecule has 5 nitrogen and oxygen atoms in total. The first-order valence-electron chi connectivity index (χ1n) is 3.66. The summed E-state index contributed by atoms with van der Waals surface area (Å²) in [5.74, 6) is -0.671. The Balaban J connectivity index is 3.35. The first kappa shape index (κ1) is 10.6. The van der Waals surface area contributed by atoms with Crippen molar-refractivity contribution >= 4 is 17.6 Å². The molecule has 0 saturated heterocycles. The Morgan fingerprint density at radius 3 is 2.64 bits per heavy atom. The lowest BCUT2D eigenvalue weighted by Gasteiger charge is -2.07. The molecule has 1 aromatic rings. The van der Waals surface area contributed by atoms with Gasteiger partial charge in [-0.2, -0.15) is 0 Å². The highest BCUT2D eigenvalue weighted by molar-refractivity contribution is 6.28. The molecule has 0 radical (unpaired) electrons. The number of pyridine rings is 1. The van der Waals surface area contributed by atoms with E-state index in [1.165, 1.54) is 26.4 Å². The van der Waals surface area contributed by atoms with Gasteiger partial charge in [0.1, 0.15) is 0 Å². The summed E-state index contributed by atoms with van der Waals surface area (Å²) in [6.07, 6.45) is 0. The molecule has 0 amide bonds. The zero-order valence-electron chi connectivity index (χ0n) is 7.61. The van der Waals surface area contributed by atoms with Gasteiger partial charge in [-0.3, -0.25) is 0 Å². The number of rotatable bonds is 2. The molecule has 1 rings (SSSR count). The summed E-state index contributed by atoms with van der Waals surface area (Å²) < 4.78 is 9.50. The van der Waals surface area contributed by atoms with Crippen LogP contribution in [-0.4, -0.2) is 20.2 Å². The highest BCUT2D eigenvalue weighted by atomic mass is 35.5. The fourth-order valence-corrected chi connectivity index (χ4v) is 1.09.